The Labute approximate surface area is 138 Å². The van der Waals surface area contributed by atoms with Crippen LogP contribution in [-0.4, -0.2) is 58.3 Å². The smallest absolute Gasteiger partial charge is 0.254 e. The van der Waals surface area contributed by atoms with Crippen molar-refractivity contribution in [1.29, 1.82) is 0 Å². The topological polar surface area (TPSA) is 103 Å². The number of carbonyl (C=O) groups excluding carboxylic acids is 2. The summed E-state index contributed by atoms with van der Waals surface area (Å²) in [4.78, 5) is 25.1. The van der Waals surface area contributed by atoms with Gasteiger partial charge in [-0.15, -0.1) is 0 Å². The second-order valence-electron chi connectivity index (χ2n) is 6.32. The quantitative estimate of drug-likeness (QED) is 0.756. The van der Waals surface area contributed by atoms with Crippen LogP contribution in [-0.2, 0) is 4.79 Å². The van der Waals surface area contributed by atoms with Gasteiger partial charge in [-0.2, -0.15) is 0 Å². The van der Waals surface area contributed by atoms with Crippen LogP contribution in [0.25, 0.3) is 11.0 Å². The van der Waals surface area contributed by atoms with Crippen molar-refractivity contribution in [3.63, 3.8) is 0 Å². The maximum absolute atomic E-state index is 12.7. The van der Waals surface area contributed by atoms with Gasteiger partial charge in [0.2, 0.25) is 5.91 Å². The molecule has 7 heteroatoms. The molecular weight excluding hydrogens is 312 g/mol. The van der Waals surface area contributed by atoms with Crippen molar-refractivity contribution in [2.75, 3.05) is 19.6 Å². The number of hydrogen-bond acceptors (Lipinski definition) is 5. The molecule has 2 amide bonds. The van der Waals surface area contributed by atoms with E-state index >= 15 is 0 Å². The lowest BCUT2D eigenvalue weighted by Crippen LogP contribution is -2.51. The predicted octanol–water partition coefficient (Wildman–Crippen LogP) is 0.425. The normalized spacial score (nSPS) is 23.7. The Kier molecular flexibility index (Phi) is 4.06. The van der Waals surface area contributed by atoms with Gasteiger partial charge in [0.05, 0.1) is 13.1 Å². The Balaban J connectivity index is 1.78. The molecule has 1 aliphatic rings. The molecule has 3 N–H and O–H groups in total. The molecule has 1 aliphatic heterocycles. The van der Waals surface area contributed by atoms with Crippen LogP contribution in [0.4, 0.5) is 0 Å². The first-order valence-corrected chi connectivity index (χ1v) is 7.73. The Morgan fingerprint density at radius 2 is 2.17 bits per heavy atom. The Hall–Kier alpha value is -2.38. The first-order chi connectivity index (χ1) is 11.3. The van der Waals surface area contributed by atoms with Crippen LogP contribution in [0, 0.1) is 6.92 Å². The number of fused-ring (bicyclic) bond motifs is 1. The third kappa shape index (κ3) is 3.00. The first-order valence-electron chi connectivity index (χ1n) is 7.73. The van der Waals surface area contributed by atoms with Crippen molar-refractivity contribution >= 4 is 22.8 Å². The average Bonchev–Trinajstić information content (AvgIpc) is 3.03. The van der Waals surface area contributed by atoms with Crippen molar-refractivity contribution in [1.82, 2.24) is 10.2 Å². The Morgan fingerprint density at radius 3 is 2.88 bits per heavy atom. The summed E-state index contributed by atoms with van der Waals surface area (Å²) in [5, 5.41) is 23.9. The summed E-state index contributed by atoms with van der Waals surface area (Å²) < 4.78 is 5.49. The zero-order chi connectivity index (χ0) is 17.5. The van der Waals surface area contributed by atoms with E-state index in [4.69, 9.17) is 4.42 Å². The molecule has 3 rings (SSSR count). The second-order valence-corrected chi connectivity index (χ2v) is 6.32. The van der Waals surface area contributed by atoms with Gasteiger partial charge in [-0.25, -0.2) is 0 Å². The van der Waals surface area contributed by atoms with Crippen molar-refractivity contribution in [2.45, 2.75) is 25.6 Å². The highest BCUT2D eigenvalue weighted by Gasteiger charge is 2.46. The molecule has 24 heavy (non-hydrogen) atoms. The fourth-order valence-corrected chi connectivity index (χ4v) is 2.98. The van der Waals surface area contributed by atoms with E-state index in [9.17, 15) is 19.8 Å². The molecule has 2 heterocycles. The van der Waals surface area contributed by atoms with E-state index in [1.165, 1.54) is 11.8 Å². The molecule has 2 atom stereocenters. The molecule has 0 aliphatic carbocycles. The molecule has 2 aromatic rings. The molecule has 1 fully saturated rings. The number of carbonyl (C=O) groups is 2. The molecule has 1 saturated heterocycles. The van der Waals surface area contributed by atoms with E-state index < -0.39 is 11.7 Å². The monoisotopic (exact) mass is 332 g/mol. The minimum Gasteiger partial charge on any atom is -0.461 e. The maximum atomic E-state index is 12.7. The molecule has 128 valence electrons. The summed E-state index contributed by atoms with van der Waals surface area (Å²) in [5.41, 5.74) is -0.385. The van der Waals surface area contributed by atoms with Crippen molar-refractivity contribution < 1.29 is 24.2 Å². The molecule has 7 nitrogen and oxygen atoms in total. The van der Waals surface area contributed by atoms with Crippen LogP contribution in [0.15, 0.2) is 28.7 Å². The summed E-state index contributed by atoms with van der Waals surface area (Å²) in [7, 11) is 0. The van der Waals surface area contributed by atoms with Gasteiger partial charge in [0.1, 0.15) is 23.0 Å². The van der Waals surface area contributed by atoms with E-state index in [2.05, 4.69) is 5.32 Å². The van der Waals surface area contributed by atoms with E-state index in [-0.39, 0.29) is 31.4 Å². The molecule has 0 bridgehead atoms. The molecule has 1 aromatic carbocycles. The largest absolute Gasteiger partial charge is 0.461 e. The number of aryl methyl sites for hydroxylation is 1. The lowest BCUT2D eigenvalue weighted by molar-refractivity contribution is -0.121. The number of benzene rings is 1. The van der Waals surface area contributed by atoms with Crippen molar-refractivity contribution in [3.05, 3.63) is 35.6 Å². The van der Waals surface area contributed by atoms with Gasteiger partial charge in [0.25, 0.3) is 5.91 Å². The standard InChI is InChI=1S/C17H20N2O5/c1-10-5-13-6-12(3-4-14(13)24-10)16(22)19-7-15(21)17(23,9-19)8-18-11(2)20/h3-6,15,21,23H,7-9H2,1-2H3,(H,18,20)/t15-,17+/m1/s1. The molecule has 0 radical (unpaired) electrons. The fourth-order valence-electron chi connectivity index (χ4n) is 2.98. The number of nitrogens with zero attached hydrogens (tertiary/aromatic N) is 1. The third-order valence-electron chi connectivity index (χ3n) is 4.30. The van der Waals surface area contributed by atoms with Crippen LogP contribution in [0.3, 0.4) is 0 Å². The van der Waals surface area contributed by atoms with E-state index in [0.717, 1.165) is 11.1 Å². The number of furan rings is 1. The predicted molar refractivity (Wildman–Crippen MR) is 86.5 cm³/mol. The van der Waals surface area contributed by atoms with Crippen LogP contribution >= 0.6 is 0 Å². The number of nitrogens with one attached hydrogen (secondary N) is 1. The van der Waals surface area contributed by atoms with Crippen molar-refractivity contribution in [3.8, 4) is 0 Å². The number of β-amino-alcohol motifs (C(OH)–C–C–N with tert-alkyl or cyclic N) is 2. The van der Waals surface area contributed by atoms with E-state index in [1.54, 1.807) is 18.2 Å². The summed E-state index contributed by atoms with van der Waals surface area (Å²) >= 11 is 0. The zero-order valence-electron chi connectivity index (χ0n) is 13.6. The third-order valence-corrected chi connectivity index (χ3v) is 4.30. The Morgan fingerprint density at radius 1 is 1.42 bits per heavy atom. The molecule has 0 spiro atoms. The average molecular weight is 332 g/mol. The fraction of sp³-hybridized carbons (Fsp3) is 0.412. The van der Waals surface area contributed by atoms with Gasteiger partial charge in [0, 0.05) is 24.4 Å². The van der Waals surface area contributed by atoms with E-state index in [1.807, 2.05) is 13.0 Å². The summed E-state index contributed by atoms with van der Waals surface area (Å²) in [6.45, 7) is 3.02. The summed E-state index contributed by atoms with van der Waals surface area (Å²) in [5.74, 6) is 0.172. The van der Waals surface area contributed by atoms with Crippen LogP contribution in [0.5, 0.6) is 0 Å². The van der Waals surface area contributed by atoms with Gasteiger partial charge in [-0.1, -0.05) is 0 Å². The second kappa shape index (κ2) is 5.92. The maximum Gasteiger partial charge on any atom is 0.254 e. The highest BCUT2D eigenvalue weighted by molar-refractivity contribution is 5.98. The van der Waals surface area contributed by atoms with Crippen LogP contribution in [0.2, 0.25) is 0 Å². The van der Waals surface area contributed by atoms with Gasteiger partial charge in [-0.05, 0) is 31.2 Å². The highest BCUT2D eigenvalue weighted by Crippen LogP contribution is 2.25. The molecule has 0 unspecified atom stereocenters. The Bertz CT molecular complexity index is 799. The number of rotatable bonds is 3. The number of aliphatic hydroxyl groups excluding tert-OH is 1. The SMILES string of the molecule is CC(=O)NC[C@]1(O)CN(C(=O)c2ccc3oc(C)cc3c2)C[C@H]1O. The number of amides is 2. The van der Waals surface area contributed by atoms with Gasteiger partial charge < -0.3 is 24.8 Å². The van der Waals surface area contributed by atoms with Gasteiger partial charge >= 0.3 is 0 Å². The minimum atomic E-state index is -1.54. The molecule has 0 saturated carbocycles. The van der Waals surface area contributed by atoms with Crippen LogP contribution in [0.1, 0.15) is 23.0 Å². The minimum absolute atomic E-state index is 0.0113. The lowest BCUT2D eigenvalue weighted by atomic mass is 10.0. The molecular formula is C17H20N2O5. The lowest BCUT2D eigenvalue weighted by Gasteiger charge is -2.25. The molecule has 1 aromatic heterocycles. The van der Waals surface area contributed by atoms with Gasteiger partial charge in [0.15, 0.2) is 0 Å². The summed E-state index contributed by atoms with van der Waals surface area (Å²) in [6, 6.07) is 6.96. The summed E-state index contributed by atoms with van der Waals surface area (Å²) in [6.07, 6.45) is -1.12. The number of aliphatic hydroxyl groups is 2. The van der Waals surface area contributed by atoms with Crippen LogP contribution < -0.4 is 5.32 Å². The number of likely N-dealkylation sites (tertiary alicyclic amines) is 1. The highest BCUT2D eigenvalue weighted by atomic mass is 16.3. The zero-order valence-corrected chi connectivity index (χ0v) is 13.6. The van der Waals surface area contributed by atoms with Crippen molar-refractivity contribution in [2.24, 2.45) is 0 Å². The van der Waals surface area contributed by atoms with E-state index in [0.29, 0.717) is 11.1 Å². The number of hydrogen-bond donors (Lipinski definition) is 3. The van der Waals surface area contributed by atoms with Gasteiger partial charge in [-0.3, -0.25) is 9.59 Å². The first kappa shape index (κ1) is 16.5.